The van der Waals surface area contributed by atoms with Crippen molar-refractivity contribution in [3.63, 3.8) is 0 Å². The maximum atomic E-state index is 13.4. The number of rotatable bonds is 30. The van der Waals surface area contributed by atoms with Crippen molar-refractivity contribution in [2.75, 3.05) is 118 Å². The van der Waals surface area contributed by atoms with Gasteiger partial charge in [-0.2, -0.15) is 0 Å². The van der Waals surface area contributed by atoms with Crippen molar-refractivity contribution in [3.8, 4) is 11.5 Å². The Morgan fingerprint density at radius 1 is 0.735 bits per heavy atom. The fourth-order valence-electron chi connectivity index (χ4n) is 7.21. The third-order valence-electron chi connectivity index (χ3n) is 10.9. The number of carboxylic acids is 1. The molecular weight excluding hydrogens is 893 g/mol. The molecule has 376 valence electrons. The van der Waals surface area contributed by atoms with E-state index in [0.717, 1.165) is 23.9 Å². The van der Waals surface area contributed by atoms with Crippen molar-refractivity contribution in [2.24, 2.45) is 0 Å². The Labute approximate surface area is 396 Å². The zero-order valence-electron chi connectivity index (χ0n) is 38.9. The topological polar surface area (TPSA) is 243 Å². The Morgan fingerprint density at radius 3 is 1.60 bits per heavy atom. The Morgan fingerprint density at radius 2 is 1.19 bits per heavy atom. The Bertz CT molecular complexity index is 1860. The van der Waals surface area contributed by atoms with E-state index in [2.05, 4.69) is 10.6 Å². The van der Waals surface area contributed by atoms with E-state index >= 15 is 0 Å². The number of benzene rings is 2. The van der Waals surface area contributed by atoms with Crippen LogP contribution in [-0.2, 0) is 74.8 Å². The molecule has 0 spiro atoms. The zero-order chi connectivity index (χ0) is 48.6. The van der Waals surface area contributed by atoms with Gasteiger partial charge in [0.15, 0.2) is 5.79 Å². The number of hydrazine groups is 2. The summed E-state index contributed by atoms with van der Waals surface area (Å²) in [5, 5.41) is 22.2. The lowest BCUT2D eigenvalue weighted by atomic mass is 10.1. The number of hydrogen-bond acceptors (Lipinski definition) is 19. The number of nitrogens with zero attached hydrogens (tertiary/aromatic N) is 4. The largest absolute Gasteiger partial charge is 0.490 e. The predicted molar refractivity (Wildman–Crippen MR) is 240 cm³/mol. The van der Waals surface area contributed by atoms with Gasteiger partial charge in [-0.05, 0) is 62.1 Å². The number of carboxylic acid groups (broad SMARTS) is 1. The highest BCUT2D eigenvalue weighted by molar-refractivity contribution is 6.29. The first-order valence-corrected chi connectivity index (χ1v) is 22.9. The highest BCUT2D eigenvalue weighted by atomic mass is 16.7. The molecule has 3 heterocycles. The molecule has 0 unspecified atom stereocenters. The smallest absolute Gasteiger partial charge is 0.417 e. The van der Waals surface area contributed by atoms with Crippen molar-refractivity contribution in [3.05, 3.63) is 59.7 Å². The number of aliphatic carboxylic acids is 1. The zero-order valence-corrected chi connectivity index (χ0v) is 38.9. The van der Waals surface area contributed by atoms with E-state index in [0.29, 0.717) is 110 Å². The minimum Gasteiger partial charge on any atom is -0.490 e. The number of hydrogen-bond donors (Lipinski definition) is 3. The summed E-state index contributed by atoms with van der Waals surface area (Å²) in [6.45, 7) is 9.40. The molecule has 68 heavy (non-hydrogen) atoms. The standard InChI is InChI=1S/C46H66N6O16/c1-46(2)65-32-41(68-46)31-64-43(57)14-8-36-5-11-38(12-6-36)63-30-40(28-48-16-18-52(34-54)50-21-25-61-26-22-50)67-45(59)44(58)66-39(27-47-15-17-51(33-53)49-19-23-60-24-20-49)29-62-37-9-3-35(4-10-37)7-13-42(55)56/h3-6,9-12,33-34,39-41,47-48H,7-8,13-32H2,1-2H3,(H,55,56)/t39-,40-,41+/m0/s1. The molecule has 3 saturated heterocycles. The van der Waals surface area contributed by atoms with Gasteiger partial charge in [0, 0.05) is 78.3 Å². The van der Waals surface area contributed by atoms with Crippen LogP contribution in [0.4, 0.5) is 0 Å². The van der Waals surface area contributed by atoms with Crippen LogP contribution in [0.1, 0.15) is 37.8 Å². The minimum atomic E-state index is -1.27. The second kappa shape index (κ2) is 28.8. The normalized spacial score (nSPS) is 18.1. The van der Waals surface area contributed by atoms with Crippen molar-refractivity contribution >= 4 is 36.7 Å². The van der Waals surface area contributed by atoms with Gasteiger partial charge in [0.25, 0.3) is 0 Å². The van der Waals surface area contributed by atoms with Gasteiger partial charge in [0.05, 0.1) is 33.0 Å². The number of esters is 3. The number of morpholine rings is 2. The first-order valence-electron chi connectivity index (χ1n) is 22.9. The summed E-state index contributed by atoms with van der Waals surface area (Å²) in [5.74, 6) is -3.65. The predicted octanol–water partition coefficient (Wildman–Crippen LogP) is 0.203. The van der Waals surface area contributed by atoms with Crippen molar-refractivity contribution in [2.45, 2.75) is 63.6 Å². The lowest BCUT2D eigenvalue weighted by Gasteiger charge is -2.34. The van der Waals surface area contributed by atoms with Gasteiger partial charge in [0.2, 0.25) is 12.8 Å². The number of aryl methyl sites for hydroxylation is 2. The molecule has 3 fully saturated rings. The highest BCUT2D eigenvalue weighted by Crippen LogP contribution is 2.23. The first-order chi connectivity index (χ1) is 32.9. The van der Waals surface area contributed by atoms with Crippen LogP contribution in [-0.4, -0.2) is 204 Å². The average Bonchev–Trinajstić information content (AvgIpc) is 3.71. The second-order valence-electron chi connectivity index (χ2n) is 16.6. The van der Waals surface area contributed by atoms with E-state index in [9.17, 15) is 28.8 Å². The molecule has 3 aliphatic heterocycles. The summed E-state index contributed by atoms with van der Waals surface area (Å²) in [6, 6.07) is 13.9. The van der Waals surface area contributed by atoms with E-state index in [1.807, 2.05) is 10.0 Å². The highest BCUT2D eigenvalue weighted by Gasteiger charge is 2.33. The van der Waals surface area contributed by atoms with Gasteiger partial charge in [-0.3, -0.25) is 29.2 Å². The quantitative estimate of drug-likeness (QED) is 0.0312. The summed E-state index contributed by atoms with van der Waals surface area (Å²) >= 11 is 0. The Balaban J connectivity index is 1.16. The first kappa shape index (κ1) is 53.5. The monoisotopic (exact) mass is 958 g/mol. The van der Waals surface area contributed by atoms with Crippen LogP contribution in [0.5, 0.6) is 11.5 Å². The molecular formula is C46H66N6O16. The van der Waals surface area contributed by atoms with Crippen molar-refractivity contribution < 1.29 is 76.5 Å². The van der Waals surface area contributed by atoms with E-state index < -0.39 is 35.9 Å². The maximum Gasteiger partial charge on any atom is 0.417 e. The molecule has 0 bridgehead atoms. The molecule has 0 saturated carbocycles. The van der Waals surface area contributed by atoms with E-state index in [4.69, 9.17) is 47.7 Å². The number of amides is 2. The van der Waals surface area contributed by atoms with Crippen molar-refractivity contribution in [1.29, 1.82) is 0 Å². The molecule has 5 rings (SSSR count). The molecule has 0 aromatic heterocycles. The number of ether oxygens (including phenoxy) is 9. The van der Waals surface area contributed by atoms with Gasteiger partial charge in [-0.1, -0.05) is 24.3 Å². The molecule has 2 aromatic carbocycles. The van der Waals surface area contributed by atoms with Crippen LogP contribution in [0.15, 0.2) is 48.5 Å². The maximum absolute atomic E-state index is 13.4. The third kappa shape index (κ3) is 19.6. The summed E-state index contributed by atoms with van der Waals surface area (Å²) in [4.78, 5) is 73.9. The molecule has 22 heteroatoms. The van der Waals surface area contributed by atoms with Gasteiger partial charge in [0.1, 0.15) is 49.6 Å². The van der Waals surface area contributed by atoms with Crippen LogP contribution in [0.25, 0.3) is 0 Å². The number of nitrogens with one attached hydrogen (secondary N) is 2. The minimum absolute atomic E-state index is 0.0223. The van der Waals surface area contributed by atoms with Gasteiger partial charge in [-0.25, -0.2) is 19.6 Å². The molecule has 3 N–H and O–H groups in total. The molecule has 2 aromatic rings. The van der Waals surface area contributed by atoms with E-state index in [1.54, 1.807) is 72.4 Å². The number of carbonyl (C=O) groups excluding carboxylic acids is 5. The van der Waals surface area contributed by atoms with Gasteiger partial charge < -0.3 is 58.4 Å². The lowest BCUT2D eigenvalue weighted by Crippen LogP contribution is -2.50. The van der Waals surface area contributed by atoms with Crippen LogP contribution in [0.2, 0.25) is 0 Å². The number of carbonyl (C=O) groups is 6. The van der Waals surface area contributed by atoms with Gasteiger partial charge in [-0.15, -0.1) is 0 Å². The van der Waals surface area contributed by atoms with E-state index in [-0.39, 0.29) is 57.8 Å². The molecule has 0 radical (unpaired) electrons. The fourth-order valence-corrected chi connectivity index (χ4v) is 7.21. The van der Waals surface area contributed by atoms with Crippen LogP contribution in [0.3, 0.4) is 0 Å². The van der Waals surface area contributed by atoms with Crippen LogP contribution < -0.4 is 20.1 Å². The molecule has 3 aliphatic rings. The van der Waals surface area contributed by atoms with Crippen LogP contribution >= 0.6 is 0 Å². The molecule has 3 atom stereocenters. The molecule has 22 nitrogen and oxygen atoms in total. The summed E-state index contributed by atoms with van der Waals surface area (Å²) < 4.78 is 50.6. The Kier molecular flexibility index (Phi) is 22.6. The van der Waals surface area contributed by atoms with Crippen molar-refractivity contribution in [1.82, 2.24) is 30.7 Å². The van der Waals surface area contributed by atoms with E-state index in [1.165, 1.54) is 0 Å². The van der Waals surface area contributed by atoms with Crippen LogP contribution in [0, 0.1) is 0 Å². The SMILES string of the molecule is CC1(C)OC[C@@H](COC(=O)CCc2ccc(OC[C@H](CNCCN(C=O)N3CCOCC3)OC(=O)C(=O)O[C@@H](CNCCN(C=O)N3CCOCC3)COc3ccc(CCC(=O)O)cc3)cc2)O1. The summed E-state index contributed by atoms with van der Waals surface area (Å²) in [5.41, 5.74) is 1.67. The van der Waals surface area contributed by atoms with Gasteiger partial charge >= 0.3 is 23.9 Å². The second-order valence-corrected chi connectivity index (χ2v) is 16.6. The summed E-state index contributed by atoms with van der Waals surface area (Å²) in [7, 11) is 0. The molecule has 2 amide bonds. The lowest BCUT2D eigenvalue weighted by molar-refractivity contribution is -0.175. The third-order valence-corrected chi connectivity index (χ3v) is 10.9. The Hall–Kier alpha value is -5.46. The fraction of sp³-hybridized carbons (Fsp3) is 0.609. The average molecular weight is 959 g/mol. The summed E-state index contributed by atoms with van der Waals surface area (Å²) in [6.07, 6.45) is 0.0978. The molecule has 0 aliphatic carbocycles.